The molecule has 0 saturated heterocycles. The van der Waals surface area contributed by atoms with E-state index in [4.69, 9.17) is 0 Å². The van der Waals surface area contributed by atoms with E-state index < -0.39 is 0 Å². The maximum Gasteiger partial charge on any atom is -0.0253 e. The van der Waals surface area contributed by atoms with Gasteiger partial charge in [0.1, 0.15) is 0 Å². The molecule has 0 aromatic rings. The molecule has 2 aliphatic rings. The zero-order valence-corrected chi connectivity index (χ0v) is 12.2. The highest BCUT2D eigenvalue weighted by atomic mass is 14.7. The highest BCUT2D eigenvalue weighted by Crippen LogP contribution is 2.76. The summed E-state index contributed by atoms with van der Waals surface area (Å²) in [6.45, 7) is 14.6. The minimum Gasteiger partial charge on any atom is -0.0651 e. The lowest BCUT2D eigenvalue weighted by Gasteiger charge is -2.34. The number of hydrogen-bond donors (Lipinski definition) is 0. The van der Waals surface area contributed by atoms with Gasteiger partial charge in [0.05, 0.1) is 0 Å². The van der Waals surface area contributed by atoms with Gasteiger partial charge in [-0.05, 0) is 47.3 Å². The summed E-state index contributed by atoms with van der Waals surface area (Å²) in [7, 11) is 0. The zero-order chi connectivity index (χ0) is 12.2. The summed E-state index contributed by atoms with van der Waals surface area (Å²) in [5.74, 6) is 2.08. The smallest absolute Gasteiger partial charge is 0.0253 e. The highest BCUT2D eigenvalue weighted by molar-refractivity contribution is 5.16. The Bertz CT molecular complexity index is 272. The third-order valence-corrected chi connectivity index (χ3v) is 5.52. The van der Waals surface area contributed by atoms with Crippen LogP contribution in [-0.4, -0.2) is 0 Å². The summed E-state index contributed by atoms with van der Waals surface area (Å²) in [5, 5.41) is 0. The fraction of sp³-hybridized carbons (Fsp3) is 1.00. The van der Waals surface area contributed by atoms with Crippen LogP contribution in [0.1, 0.15) is 73.6 Å². The number of rotatable bonds is 3. The van der Waals surface area contributed by atoms with Crippen LogP contribution in [0.4, 0.5) is 0 Å². The van der Waals surface area contributed by atoms with Crippen LogP contribution in [0, 0.1) is 28.1 Å². The van der Waals surface area contributed by atoms with E-state index in [1.54, 1.807) is 6.42 Å². The fourth-order valence-electron chi connectivity index (χ4n) is 5.06. The molecule has 4 atom stereocenters. The Morgan fingerprint density at radius 3 is 2.19 bits per heavy atom. The molecule has 0 radical (unpaired) electrons. The number of fused-ring (bicyclic) bond motifs is 1. The lowest BCUT2D eigenvalue weighted by molar-refractivity contribution is 0.162. The minimum absolute atomic E-state index is 0.520. The molecule has 0 bridgehead atoms. The lowest BCUT2D eigenvalue weighted by atomic mass is 9.71. The van der Waals surface area contributed by atoms with Gasteiger partial charge < -0.3 is 0 Å². The number of hydrogen-bond acceptors (Lipinski definition) is 0. The molecule has 0 N–H and O–H groups in total. The van der Waals surface area contributed by atoms with Crippen LogP contribution >= 0.6 is 0 Å². The molecule has 0 heterocycles. The van der Waals surface area contributed by atoms with Crippen molar-refractivity contribution in [3.05, 3.63) is 0 Å². The molecule has 0 heteroatoms. The van der Waals surface area contributed by atoms with Gasteiger partial charge in [0.25, 0.3) is 0 Å². The van der Waals surface area contributed by atoms with Crippen molar-refractivity contribution in [3.8, 4) is 0 Å². The Labute approximate surface area is 102 Å². The molecule has 0 aliphatic heterocycles. The molecule has 2 fully saturated rings. The predicted octanol–water partition coefficient (Wildman–Crippen LogP) is 5.28. The van der Waals surface area contributed by atoms with Crippen molar-refractivity contribution in [2.24, 2.45) is 28.1 Å². The second-order valence-electron chi connectivity index (χ2n) is 8.11. The molecular formula is C16H30. The van der Waals surface area contributed by atoms with Crippen LogP contribution in [-0.2, 0) is 0 Å². The van der Waals surface area contributed by atoms with Crippen molar-refractivity contribution in [3.63, 3.8) is 0 Å². The van der Waals surface area contributed by atoms with E-state index in [2.05, 4.69) is 41.5 Å². The summed E-state index contributed by atoms with van der Waals surface area (Å²) < 4.78 is 0. The maximum absolute atomic E-state index is 2.55. The van der Waals surface area contributed by atoms with Gasteiger partial charge in [-0.3, -0.25) is 0 Å². The largest absolute Gasteiger partial charge is 0.0651 e. The van der Waals surface area contributed by atoms with E-state index in [-0.39, 0.29) is 0 Å². The monoisotopic (exact) mass is 222 g/mol. The second kappa shape index (κ2) is 3.50. The third kappa shape index (κ3) is 1.83. The van der Waals surface area contributed by atoms with Crippen LogP contribution < -0.4 is 0 Å². The van der Waals surface area contributed by atoms with Gasteiger partial charge in [0.2, 0.25) is 0 Å². The second-order valence-corrected chi connectivity index (χ2v) is 8.11. The molecule has 0 aromatic carbocycles. The first-order chi connectivity index (χ1) is 7.26. The van der Waals surface area contributed by atoms with Gasteiger partial charge in [-0.15, -0.1) is 0 Å². The van der Waals surface area contributed by atoms with Crippen molar-refractivity contribution >= 4 is 0 Å². The third-order valence-electron chi connectivity index (χ3n) is 5.52. The van der Waals surface area contributed by atoms with Crippen LogP contribution in [0.25, 0.3) is 0 Å². The van der Waals surface area contributed by atoms with Crippen molar-refractivity contribution in [1.82, 2.24) is 0 Å². The molecule has 0 amide bonds. The van der Waals surface area contributed by atoms with Crippen LogP contribution in [0.2, 0.25) is 0 Å². The Balaban J connectivity index is 2.14. The van der Waals surface area contributed by atoms with Crippen LogP contribution in [0.5, 0.6) is 0 Å². The van der Waals surface area contributed by atoms with Crippen molar-refractivity contribution < 1.29 is 0 Å². The topological polar surface area (TPSA) is 0 Å². The molecule has 16 heavy (non-hydrogen) atoms. The fourth-order valence-corrected chi connectivity index (χ4v) is 5.06. The van der Waals surface area contributed by atoms with E-state index in [0.717, 1.165) is 17.3 Å². The highest BCUT2D eigenvalue weighted by Gasteiger charge is 2.67. The normalized spacial score (nSPS) is 46.9. The van der Waals surface area contributed by atoms with Crippen molar-refractivity contribution in [2.75, 3.05) is 0 Å². The van der Waals surface area contributed by atoms with E-state index in [1.807, 2.05) is 0 Å². The van der Waals surface area contributed by atoms with Crippen LogP contribution in [0.3, 0.4) is 0 Å². The molecule has 4 unspecified atom stereocenters. The first kappa shape index (κ1) is 12.5. The molecule has 0 spiro atoms. The first-order valence-corrected chi connectivity index (χ1v) is 7.26. The van der Waals surface area contributed by atoms with Gasteiger partial charge >= 0.3 is 0 Å². The summed E-state index contributed by atoms with van der Waals surface area (Å²) in [6.07, 6.45) is 7.29. The zero-order valence-electron chi connectivity index (χ0n) is 12.2. The van der Waals surface area contributed by atoms with Gasteiger partial charge in [0.15, 0.2) is 0 Å². The van der Waals surface area contributed by atoms with Gasteiger partial charge in [-0.25, -0.2) is 0 Å². The standard InChI is InChI=1S/C16H30/c1-7-12-13-9-16(13,10-14(3,4)5)11-15(12,6)8-2/h12-13H,7-11H2,1-6H3. The summed E-state index contributed by atoms with van der Waals surface area (Å²) in [6, 6.07) is 0. The van der Waals surface area contributed by atoms with E-state index in [0.29, 0.717) is 10.8 Å². The maximum atomic E-state index is 2.55. The minimum atomic E-state index is 0.520. The lowest BCUT2D eigenvalue weighted by Crippen LogP contribution is -2.24. The average Bonchev–Trinajstić information content (AvgIpc) is 2.70. The molecule has 0 aromatic heterocycles. The van der Waals surface area contributed by atoms with Gasteiger partial charge in [-0.2, -0.15) is 0 Å². The summed E-state index contributed by atoms with van der Waals surface area (Å²) >= 11 is 0. The summed E-state index contributed by atoms with van der Waals surface area (Å²) in [5.41, 5.74) is 1.93. The van der Waals surface area contributed by atoms with E-state index in [9.17, 15) is 0 Å². The van der Waals surface area contributed by atoms with E-state index in [1.165, 1.54) is 25.7 Å². The Morgan fingerprint density at radius 1 is 1.19 bits per heavy atom. The Morgan fingerprint density at radius 2 is 1.81 bits per heavy atom. The van der Waals surface area contributed by atoms with E-state index >= 15 is 0 Å². The Hall–Kier alpha value is 0. The van der Waals surface area contributed by atoms with Gasteiger partial charge in [-0.1, -0.05) is 54.4 Å². The van der Waals surface area contributed by atoms with Crippen LogP contribution in [0.15, 0.2) is 0 Å². The SMILES string of the molecule is CCC1C2CC2(CC(C)(C)C)CC1(C)CC. The molecule has 2 aliphatic carbocycles. The first-order valence-electron chi connectivity index (χ1n) is 7.26. The molecule has 0 nitrogen and oxygen atoms in total. The van der Waals surface area contributed by atoms with Crippen molar-refractivity contribution in [2.45, 2.75) is 73.6 Å². The molecule has 2 rings (SSSR count). The molecule has 94 valence electrons. The van der Waals surface area contributed by atoms with Gasteiger partial charge in [0, 0.05) is 0 Å². The quantitative estimate of drug-likeness (QED) is 0.610. The Kier molecular flexibility index (Phi) is 2.72. The molecule has 2 saturated carbocycles. The average molecular weight is 222 g/mol. The summed E-state index contributed by atoms with van der Waals surface area (Å²) in [4.78, 5) is 0. The molecular weight excluding hydrogens is 192 g/mol. The predicted molar refractivity (Wildman–Crippen MR) is 71.4 cm³/mol. The van der Waals surface area contributed by atoms with Crippen molar-refractivity contribution in [1.29, 1.82) is 0 Å².